The quantitative estimate of drug-likeness (QED) is 0.583. The minimum Gasteiger partial charge on any atom is -0.340 e. The molecule has 0 spiro atoms. The molecular formula is C11H23NO. The molecule has 0 aromatic rings. The van der Waals surface area contributed by atoms with E-state index < -0.39 is 0 Å². The van der Waals surface area contributed by atoms with Gasteiger partial charge in [-0.15, -0.1) is 0 Å². The average Bonchev–Trinajstić information content (AvgIpc) is 2.11. The summed E-state index contributed by atoms with van der Waals surface area (Å²) in [7, 11) is 0. The molecule has 1 atom stereocenters. The summed E-state index contributed by atoms with van der Waals surface area (Å²) in [6, 6.07) is 0.398. The number of hydrogen-bond acceptors (Lipinski definition) is 1. The molecule has 0 fully saturated rings. The van der Waals surface area contributed by atoms with Gasteiger partial charge < -0.3 is 4.90 Å². The van der Waals surface area contributed by atoms with Crippen molar-refractivity contribution in [2.45, 2.75) is 59.4 Å². The molecule has 0 aliphatic carbocycles. The molecule has 0 saturated carbocycles. The lowest BCUT2D eigenvalue weighted by Gasteiger charge is -2.27. The van der Waals surface area contributed by atoms with Gasteiger partial charge >= 0.3 is 0 Å². The van der Waals surface area contributed by atoms with Crippen LogP contribution in [0.4, 0.5) is 0 Å². The normalized spacial score (nSPS) is 12.6. The first kappa shape index (κ1) is 12.5. The summed E-state index contributed by atoms with van der Waals surface area (Å²) < 4.78 is 0. The van der Waals surface area contributed by atoms with E-state index in [1.807, 2.05) is 4.90 Å². The third-order valence-electron chi connectivity index (χ3n) is 2.53. The number of hydrogen-bond donors (Lipinski definition) is 0. The van der Waals surface area contributed by atoms with Crippen molar-refractivity contribution in [1.29, 1.82) is 0 Å². The maximum atomic E-state index is 11.3. The SMILES string of the molecule is CCCCCN(C(C)=O)C(C)CC. The number of carbonyl (C=O) groups excluding carboxylic acids is 1. The Labute approximate surface area is 82.3 Å². The van der Waals surface area contributed by atoms with Gasteiger partial charge in [0.2, 0.25) is 5.91 Å². The molecule has 0 aromatic carbocycles. The van der Waals surface area contributed by atoms with E-state index in [0.29, 0.717) is 6.04 Å². The Balaban J connectivity index is 3.88. The van der Waals surface area contributed by atoms with Crippen LogP contribution in [0.5, 0.6) is 0 Å². The minimum atomic E-state index is 0.213. The van der Waals surface area contributed by atoms with Gasteiger partial charge in [0, 0.05) is 19.5 Å². The van der Waals surface area contributed by atoms with Crippen LogP contribution < -0.4 is 0 Å². The van der Waals surface area contributed by atoms with Gasteiger partial charge in [0.15, 0.2) is 0 Å². The van der Waals surface area contributed by atoms with Crippen LogP contribution in [0, 0.1) is 0 Å². The summed E-state index contributed by atoms with van der Waals surface area (Å²) in [4.78, 5) is 13.2. The van der Waals surface area contributed by atoms with Gasteiger partial charge in [0.05, 0.1) is 0 Å². The fourth-order valence-corrected chi connectivity index (χ4v) is 1.44. The Morgan fingerprint density at radius 1 is 1.31 bits per heavy atom. The van der Waals surface area contributed by atoms with Gasteiger partial charge in [-0.1, -0.05) is 26.7 Å². The lowest BCUT2D eigenvalue weighted by atomic mass is 10.2. The van der Waals surface area contributed by atoms with E-state index in [-0.39, 0.29) is 5.91 Å². The number of nitrogens with zero attached hydrogens (tertiary/aromatic N) is 1. The maximum Gasteiger partial charge on any atom is 0.219 e. The molecule has 0 saturated heterocycles. The van der Waals surface area contributed by atoms with Crippen LogP contribution in [-0.4, -0.2) is 23.4 Å². The molecule has 13 heavy (non-hydrogen) atoms. The number of amides is 1. The highest BCUT2D eigenvalue weighted by Crippen LogP contribution is 2.06. The number of rotatable bonds is 6. The fourth-order valence-electron chi connectivity index (χ4n) is 1.44. The van der Waals surface area contributed by atoms with Crippen molar-refractivity contribution in [2.75, 3.05) is 6.54 Å². The van der Waals surface area contributed by atoms with Crippen LogP contribution >= 0.6 is 0 Å². The zero-order chi connectivity index (χ0) is 10.3. The van der Waals surface area contributed by atoms with Gasteiger partial charge in [0.25, 0.3) is 0 Å². The minimum absolute atomic E-state index is 0.213. The lowest BCUT2D eigenvalue weighted by Crippen LogP contribution is -2.37. The monoisotopic (exact) mass is 185 g/mol. The van der Waals surface area contributed by atoms with E-state index in [4.69, 9.17) is 0 Å². The molecule has 0 aromatic heterocycles. The molecule has 0 heterocycles. The van der Waals surface area contributed by atoms with Gasteiger partial charge in [-0.2, -0.15) is 0 Å². The zero-order valence-corrected chi connectivity index (χ0v) is 9.47. The van der Waals surface area contributed by atoms with Crippen molar-refractivity contribution >= 4 is 5.91 Å². The molecule has 0 aliphatic rings. The van der Waals surface area contributed by atoms with E-state index in [1.165, 1.54) is 12.8 Å². The van der Waals surface area contributed by atoms with Crippen molar-refractivity contribution < 1.29 is 4.79 Å². The van der Waals surface area contributed by atoms with Gasteiger partial charge in [-0.25, -0.2) is 0 Å². The van der Waals surface area contributed by atoms with E-state index in [2.05, 4.69) is 20.8 Å². The highest BCUT2D eigenvalue weighted by atomic mass is 16.2. The van der Waals surface area contributed by atoms with E-state index >= 15 is 0 Å². The van der Waals surface area contributed by atoms with Crippen LogP contribution in [-0.2, 0) is 4.79 Å². The molecule has 0 radical (unpaired) electrons. The van der Waals surface area contributed by atoms with Gasteiger partial charge in [0.1, 0.15) is 0 Å². The summed E-state index contributed by atoms with van der Waals surface area (Å²) in [5, 5.41) is 0. The molecule has 1 unspecified atom stereocenters. The lowest BCUT2D eigenvalue weighted by molar-refractivity contribution is -0.130. The van der Waals surface area contributed by atoms with Gasteiger partial charge in [-0.3, -0.25) is 4.79 Å². The van der Waals surface area contributed by atoms with Crippen LogP contribution in [0.1, 0.15) is 53.4 Å². The molecule has 1 amide bonds. The van der Waals surface area contributed by atoms with Crippen molar-refractivity contribution in [3.05, 3.63) is 0 Å². The Morgan fingerprint density at radius 3 is 2.31 bits per heavy atom. The first-order chi connectivity index (χ1) is 6.13. The fraction of sp³-hybridized carbons (Fsp3) is 0.909. The highest BCUT2D eigenvalue weighted by molar-refractivity contribution is 5.73. The predicted molar refractivity (Wildman–Crippen MR) is 56.7 cm³/mol. The summed E-state index contributed by atoms with van der Waals surface area (Å²) in [5.41, 5.74) is 0. The van der Waals surface area contributed by atoms with Crippen molar-refractivity contribution in [2.24, 2.45) is 0 Å². The maximum absolute atomic E-state index is 11.3. The van der Waals surface area contributed by atoms with Crippen molar-refractivity contribution in [3.63, 3.8) is 0 Å². The zero-order valence-electron chi connectivity index (χ0n) is 9.47. The topological polar surface area (TPSA) is 20.3 Å². The predicted octanol–water partition coefficient (Wildman–Crippen LogP) is 2.82. The van der Waals surface area contributed by atoms with Crippen LogP contribution in [0.25, 0.3) is 0 Å². The van der Waals surface area contributed by atoms with Crippen molar-refractivity contribution in [3.8, 4) is 0 Å². The Hall–Kier alpha value is -0.530. The third kappa shape index (κ3) is 4.91. The van der Waals surface area contributed by atoms with Crippen LogP contribution in [0.15, 0.2) is 0 Å². The molecule has 0 N–H and O–H groups in total. The summed E-state index contributed by atoms with van der Waals surface area (Å²) in [5.74, 6) is 0.213. The first-order valence-electron chi connectivity index (χ1n) is 5.40. The molecule has 2 nitrogen and oxygen atoms in total. The second-order valence-electron chi connectivity index (χ2n) is 3.68. The highest BCUT2D eigenvalue weighted by Gasteiger charge is 2.13. The molecule has 0 rings (SSSR count). The molecule has 78 valence electrons. The van der Waals surface area contributed by atoms with E-state index in [0.717, 1.165) is 19.4 Å². The van der Waals surface area contributed by atoms with Crippen molar-refractivity contribution in [1.82, 2.24) is 4.90 Å². The average molecular weight is 185 g/mol. The Bertz CT molecular complexity index is 145. The summed E-state index contributed by atoms with van der Waals surface area (Å²) in [6.45, 7) is 9.02. The largest absolute Gasteiger partial charge is 0.340 e. The van der Waals surface area contributed by atoms with Crippen LogP contribution in [0.2, 0.25) is 0 Å². The van der Waals surface area contributed by atoms with Gasteiger partial charge in [-0.05, 0) is 19.8 Å². The first-order valence-corrected chi connectivity index (χ1v) is 5.40. The van der Waals surface area contributed by atoms with Crippen LogP contribution in [0.3, 0.4) is 0 Å². The standard InChI is InChI=1S/C11H23NO/c1-5-7-8-9-12(11(4)13)10(3)6-2/h10H,5-9H2,1-4H3. The van der Waals surface area contributed by atoms with E-state index in [9.17, 15) is 4.79 Å². The molecule has 2 heteroatoms. The second kappa shape index (κ2) is 6.93. The smallest absolute Gasteiger partial charge is 0.219 e. The Morgan fingerprint density at radius 2 is 1.92 bits per heavy atom. The summed E-state index contributed by atoms with van der Waals surface area (Å²) in [6.07, 6.45) is 4.62. The van der Waals surface area contributed by atoms with E-state index in [1.54, 1.807) is 6.92 Å². The third-order valence-corrected chi connectivity index (χ3v) is 2.53. The Kier molecular flexibility index (Phi) is 6.65. The molecular weight excluding hydrogens is 162 g/mol. The second-order valence-corrected chi connectivity index (χ2v) is 3.68. The molecule has 0 aliphatic heterocycles. The number of unbranched alkanes of at least 4 members (excludes halogenated alkanes) is 2. The number of carbonyl (C=O) groups is 1. The molecule has 0 bridgehead atoms. The summed E-state index contributed by atoms with van der Waals surface area (Å²) >= 11 is 0.